The number of nitrogens with zero attached hydrogens (tertiary/aromatic N) is 2. The molecule has 4 nitrogen and oxygen atoms in total. The fourth-order valence-electron chi connectivity index (χ4n) is 2.58. The van der Waals surface area contributed by atoms with E-state index < -0.39 is 0 Å². The molecule has 1 N–H and O–H groups in total. The van der Waals surface area contributed by atoms with Crippen LogP contribution in [0.5, 0.6) is 0 Å². The van der Waals surface area contributed by atoms with Crippen molar-refractivity contribution >= 4 is 32.7 Å². The van der Waals surface area contributed by atoms with E-state index in [0.29, 0.717) is 12.1 Å². The fourth-order valence-corrected chi connectivity index (χ4v) is 2.84. The number of aryl methyl sites for hydroxylation is 1. The van der Waals surface area contributed by atoms with Crippen molar-refractivity contribution < 1.29 is 4.79 Å². The molecule has 0 aliphatic heterocycles. The van der Waals surface area contributed by atoms with Gasteiger partial charge in [-0.3, -0.25) is 9.48 Å². The SMILES string of the molecule is CCCn1nc(CNC(=O)c2ccc(Br)cc2)c2ccccc21. The fraction of sp³-hybridized carbons (Fsp3) is 0.222. The van der Waals surface area contributed by atoms with Crippen molar-refractivity contribution in [3.8, 4) is 0 Å². The first-order valence-corrected chi connectivity index (χ1v) is 8.46. The average molecular weight is 372 g/mol. The first kappa shape index (κ1) is 15.7. The molecule has 0 atom stereocenters. The van der Waals surface area contributed by atoms with Crippen LogP contribution in [0.15, 0.2) is 53.0 Å². The Morgan fingerprint density at radius 2 is 1.91 bits per heavy atom. The van der Waals surface area contributed by atoms with E-state index in [1.807, 2.05) is 28.9 Å². The minimum absolute atomic E-state index is 0.0911. The summed E-state index contributed by atoms with van der Waals surface area (Å²) < 4.78 is 2.97. The molecule has 0 bridgehead atoms. The summed E-state index contributed by atoms with van der Waals surface area (Å²) >= 11 is 3.37. The largest absolute Gasteiger partial charge is 0.346 e. The van der Waals surface area contributed by atoms with E-state index in [4.69, 9.17) is 0 Å². The third-order valence-corrected chi connectivity index (χ3v) is 4.22. The third kappa shape index (κ3) is 3.45. The quantitative estimate of drug-likeness (QED) is 0.732. The van der Waals surface area contributed by atoms with Crippen LogP contribution in [0.2, 0.25) is 0 Å². The van der Waals surface area contributed by atoms with Crippen LogP contribution in [0.25, 0.3) is 10.9 Å². The van der Waals surface area contributed by atoms with Gasteiger partial charge in [0, 0.05) is 22.0 Å². The number of para-hydroxylation sites is 1. The minimum atomic E-state index is -0.0911. The molecule has 0 saturated heterocycles. The Morgan fingerprint density at radius 3 is 2.65 bits per heavy atom. The number of nitrogens with one attached hydrogen (secondary N) is 1. The van der Waals surface area contributed by atoms with Gasteiger partial charge in [-0.1, -0.05) is 41.1 Å². The number of carbonyl (C=O) groups is 1. The number of hydrogen-bond acceptors (Lipinski definition) is 2. The van der Waals surface area contributed by atoms with Gasteiger partial charge >= 0.3 is 0 Å². The van der Waals surface area contributed by atoms with Gasteiger partial charge in [-0.05, 0) is 36.8 Å². The summed E-state index contributed by atoms with van der Waals surface area (Å²) in [6, 6.07) is 15.5. The lowest BCUT2D eigenvalue weighted by molar-refractivity contribution is 0.0950. The van der Waals surface area contributed by atoms with Crippen molar-refractivity contribution in [3.05, 3.63) is 64.3 Å². The summed E-state index contributed by atoms with van der Waals surface area (Å²) in [6.45, 7) is 3.43. The van der Waals surface area contributed by atoms with E-state index in [9.17, 15) is 4.79 Å². The standard InChI is InChI=1S/C18H18BrN3O/c1-2-11-22-17-6-4-3-5-15(17)16(21-22)12-20-18(23)13-7-9-14(19)10-8-13/h3-10H,2,11-12H2,1H3,(H,20,23). The molecule has 5 heteroatoms. The maximum atomic E-state index is 12.2. The highest BCUT2D eigenvalue weighted by molar-refractivity contribution is 9.10. The molecule has 1 amide bonds. The summed E-state index contributed by atoms with van der Waals surface area (Å²) in [5.74, 6) is -0.0911. The predicted molar refractivity (Wildman–Crippen MR) is 95.3 cm³/mol. The molecule has 0 aliphatic rings. The molecule has 0 aliphatic carbocycles. The molecular weight excluding hydrogens is 354 g/mol. The number of halogens is 1. The van der Waals surface area contributed by atoms with E-state index >= 15 is 0 Å². The van der Waals surface area contributed by atoms with E-state index in [1.54, 1.807) is 12.1 Å². The number of fused-ring (bicyclic) bond motifs is 1. The Kier molecular flexibility index (Phi) is 4.76. The Labute approximate surface area is 143 Å². The van der Waals surface area contributed by atoms with Gasteiger partial charge in [-0.25, -0.2) is 0 Å². The second-order valence-electron chi connectivity index (χ2n) is 5.38. The van der Waals surface area contributed by atoms with Crippen LogP contribution in [0.4, 0.5) is 0 Å². The molecule has 0 unspecified atom stereocenters. The van der Waals surface area contributed by atoms with Crippen molar-refractivity contribution in [1.82, 2.24) is 15.1 Å². The van der Waals surface area contributed by atoms with Crippen LogP contribution in [-0.4, -0.2) is 15.7 Å². The molecular formula is C18H18BrN3O. The van der Waals surface area contributed by atoms with Crippen molar-refractivity contribution in [2.24, 2.45) is 0 Å². The molecule has 23 heavy (non-hydrogen) atoms. The molecule has 0 radical (unpaired) electrons. The van der Waals surface area contributed by atoms with Crippen LogP contribution in [0, 0.1) is 0 Å². The van der Waals surface area contributed by atoms with Crippen molar-refractivity contribution in [2.75, 3.05) is 0 Å². The molecule has 2 aromatic carbocycles. The maximum absolute atomic E-state index is 12.2. The first-order valence-electron chi connectivity index (χ1n) is 7.67. The van der Waals surface area contributed by atoms with Gasteiger partial charge in [0.15, 0.2) is 0 Å². The number of amides is 1. The lowest BCUT2D eigenvalue weighted by Gasteiger charge is -2.04. The van der Waals surface area contributed by atoms with Gasteiger partial charge in [0.1, 0.15) is 0 Å². The van der Waals surface area contributed by atoms with Crippen molar-refractivity contribution in [2.45, 2.75) is 26.4 Å². The Bertz CT molecular complexity index is 824. The van der Waals surface area contributed by atoms with Crippen LogP contribution in [0.1, 0.15) is 29.4 Å². The minimum Gasteiger partial charge on any atom is -0.346 e. The van der Waals surface area contributed by atoms with Gasteiger partial charge in [-0.15, -0.1) is 0 Å². The van der Waals surface area contributed by atoms with E-state index in [1.165, 1.54) is 0 Å². The smallest absolute Gasteiger partial charge is 0.251 e. The molecule has 118 valence electrons. The van der Waals surface area contributed by atoms with E-state index in [-0.39, 0.29) is 5.91 Å². The van der Waals surface area contributed by atoms with Gasteiger partial charge < -0.3 is 5.32 Å². The number of benzene rings is 2. The number of rotatable bonds is 5. The third-order valence-electron chi connectivity index (χ3n) is 3.69. The Morgan fingerprint density at radius 1 is 1.17 bits per heavy atom. The Balaban J connectivity index is 1.79. The zero-order valence-corrected chi connectivity index (χ0v) is 14.5. The molecule has 3 rings (SSSR count). The molecule has 0 spiro atoms. The van der Waals surface area contributed by atoms with Gasteiger partial charge in [0.25, 0.3) is 5.91 Å². The number of hydrogen-bond donors (Lipinski definition) is 1. The summed E-state index contributed by atoms with van der Waals surface area (Å²) in [6.07, 6.45) is 1.02. The van der Waals surface area contributed by atoms with Gasteiger partial charge in [0.05, 0.1) is 17.8 Å². The monoisotopic (exact) mass is 371 g/mol. The summed E-state index contributed by atoms with van der Waals surface area (Å²) in [4.78, 5) is 12.2. The second kappa shape index (κ2) is 6.96. The van der Waals surface area contributed by atoms with Gasteiger partial charge in [0.2, 0.25) is 0 Å². The average Bonchev–Trinajstić information content (AvgIpc) is 2.92. The highest BCUT2D eigenvalue weighted by Crippen LogP contribution is 2.19. The highest BCUT2D eigenvalue weighted by atomic mass is 79.9. The second-order valence-corrected chi connectivity index (χ2v) is 6.29. The number of carbonyl (C=O) groups excluding carboxylic acids is 1. The van der Waals surface area contributed by atoms with Crippen molar-refractivity contribution in [3.63, 3.8) is 0 Å². The maximum Gasteiger partial charge on any atom is 0.251 e. The van der Waals surface area contributed by atoms with E-state index in [2.05, 4.69) is 45.4 Å². The van der Waals surface area contributed by atoms with Crippen molar-refractivity contribution in [1.29, 1.82) is 0 Å². The molecule has 0 saturated carbocycles. The van der Waals surface area contributed by atoms with Gasteiger partial charge in [-0.2, -0.15) is 5.10 Å². The summed E-state index contributed by atoms with van der Waals surface area (Å²) in [5, 5.41) is 8.70. The summed E-state index contributed by atoms with van der Waals surface area (Å²) in [7, 11) is 0. The normalized spacial score (nSPS) is 10.9. The van der Waals surface area contributed by atoms with Crippen LogP contribution < -0.4 is 5.32 Å². The van der Waals surface area contributed by atoms with Crippen LogP contribution in [0.3, 0.4) is 0 Å². The topological polar surface area (TPSA) is 46.9 Å². The lowest BCUT2D eigenvalue weighted by Crippen LogP contribution is -2.23. The lowest BCUT2D eigenvalue weighted by atomic mass is 10.2. The van der Waals surface area contributed by atoms with E-state index in [0.717, 1.165) is 34.0 Å². The van der Waals surface area contributed by atoms with Crippen LogP contribution in [-0.2, 0) is 13.1 Å². The Hall–Kier alpha value is -2.14. The summed E-state index contributed by atoms with van der Waals surface area (Å²) in [5.41, 5.74) is 2.66. The molecule has 3 aromatic rings. The molecule has 0 fully saturated rings. The number of aromatic nitrogens is 2. The molecule has 1 aromatic heterocycles. The first-order chi connectivity index (χ1) is 11.2. The highest BCUT2D eigenvalue weighted by Gasteiger charge is 2.11. The zero-order chi connectivity index (χ0) is 16.2. The zero-order valence-electron chi connectivity index (χ0n) is 12.9. The predicted octanol–water partition coefficient (Wildman–Crippen LogP) is 4.14. The molecule has 1 heterocycles. The van der Waals surface area contributed by atoms with Crippen LogP contribution >= 0.6 is 15.9 Å².